The Morgan fingerprint density at radius 1 is 0.811 bits per heavy atom. The number of aryl methyl sites for hydroxylation is 1. The third-order valence-electron chi connectivity index (χ3n) is 5.88. The number of hydrogen-bond acceptors (Lipinski definition) is 9. The van der Waals surface area contributed by atoms with Gasteiger partial charge < -0.3 is 18.4 Å². The van der Waals surface area contributed by atoms with Crippen LogP contribution < -0.4 is 18.4 Å². The third-order valence-corrected chi connectivity index (χ3v) is 7.49. The van der Waals surface area contributed by atoms with Crippen LogP contribution in [0.25, 0.3) is 0 Å². The predicted octanol–water partition coefficient (Wildman–Crippen LogP) is 4.42. The van der Waals surface area contributed by atoms with Crippen LogP contribution in [0.3, 0.4) is 0 Å². The van der Waals surface area contributed by atoms with Gasteiger partial charge in [0.15, 0.2) is 17.3 Å². The van der Waals surface area contributed by atoms with Gasteiger partial charge >= 0.3 is 10.1 Å². The van der Waals surface area contributed by atoms with Gasteiger partial charge in [0.25, 0.3) is 0 Å². The zero-order chi connectivity index (χ0) is 27.2. The molecule has 0 N–H and O–H groups in total. The lowest BCUT2D eigenvalue weighted by molar-refractivity contribution is 0.0972. The summed E-state index contributed by atoms with van der Waals surface area (Å²) in [5.74, 6) is -2.95. The fraction of sp³-hybridized carbons (Fsp3) is 0.192. The highest BCUT2D eigenvalue weighted by molar-refractivity contribution is 7.87. The van der Waals surface area contributed by atoms with Crippen LogP contribution in [0, 0.1) is 6.92 Å². The molecular weight excluding hydrogens is 524 g/mol. The number of carbonyl (C=O) groups excluding carboxylic acids is 3. The molecule has 0 radical (unpaired) electrons. The van der Waals surface area contributed by atoms with Crippen LogP contribution in [0.2, 0.25) is 5.02 Å². The molecule has 37 heavy (non-hydrogen) atoms. The number of fused-ring (bicyclic) bond motifs is 2. The molecule has 3 aromatic carbocycles. The zero-order valence-corrected chi connectivity index (χ0v) is 22.0. The van der Waals surface area contributed by atoms with E-state index < -0.39 is 38.8 Å². The Kier molecular flexibility index (Phi) is 6.74. The zero-order valence-electron chi connectivity index (χ0n) is 20.4. The van der Waals surface area contributed by atoms with Gasteiger partial charge in [-0.1, -0.05) is 29.3 Å². The van der Waals surface area contributed by atoms with Crippen LogP contribution in [0.4, 0.5) is 0 Å². The van der Waals surface area contributed by atoms with E-state index in [1.165, 1.54) is 45.6 Å². The van der Waals surface area contributed by atoms with Gasteiger partial charge in [-0.05, 0) is 32.0 Å². The molecule has 0 aromatic heterocycles. The number of halogens is 1. The summed E-state index contributed by atoms with van der Waals surface area (Å²) in [5, 5.41) is -0.133. The summed E-state index contributed by atoms with van der Waals surface area (Å²) >= 11 is 6.41. The number of ketones is 3. The second kappa shape index (κ2) is 9.53. The van der Waals surface area contributed by atoms with Crippen LogP contribution in [0.1, 0.15) is 54.7 Å². The maximum atomic E-state index is 13.9. The first kappa shape index (κ1) is 26.2. The molecule has 0 saturated heterocycles. The Hall–Kier alpha value is -3.89. The molecule has 1 aliphatic carbocycles. The first-order valence-electron chi connectivity index (χ1n) is 10.8. The number of benzene rings is 3. The summed E-state index contributed by atoms with van der Waals surface area (Å²) in [6, 6.07) is 8.28. The first-order chi connectivity index (χ1) is 17.5. The molecule has 0 spiro atoms. The molecule has 0 fully saturated rings. The van der Waals surface area contributed by atoms with E-state index in [0.29, 0.717) is 0 Å². The Labute approximate surface area is 218 Å². The highest BCUT2D eigenvalue weighted by Crippen LogP contribution is 2.47. The standard InChI is InChI=1S/C26H21ClO9S/c1-12-6-8-14(9-7-12)37(31,32)36-26-19(13(2)28)16(33-3)10-15-20(26)25(30)21-17(34-4)11-18(35-5)23(27)22(21)24(15)29/h6-11H,1-5H3. The largest absolute Gasteiger partial charge is 0.496 e. The third kappa shape index (κ3) is 4.21. The van der Waals surface area contributed by atoms with Crippen molar-refractivity contribution in [1.29, 1.82) is 0 Å². The molecule has 0 aliphatic heterocycles. The molecule has 0 amide bonds. The van der Waals surface area contributed by atoms with Crippen molar-refractivity contribution in [3.63, 3.8) is 0 Å². The smallest absolute Gasteiger partial charge is 0.339 e. The SMILES string of the molecule is COc1cc(OC)c2c(c1Cl)C(=O)c1cc(OC)c(C(C)=O)c(OS(=O)(=O)c3ccc(C)cc3)c1C2=O. The summed E-state index contributed by atoms with van der Waals surface area (Å²) < 4.78 is 47.8. The van der Waals surface area contributed by atoms with Crippen molar-refractivity contribution >= 4 is 39.1 Å². The summed E-state index contributed by atoms with van der Waals surface area (Å²) in [6.45, 7) is 2.93. The molecule has 4 rings (SSSR count). The number of rotatable bonds is 7. The van der Waals surface area contributed by atoms with E-state index in [0.717, 1.165) is 12.5 Å². The van der Waals surface area contributed by atoms with E-state index in [4.69, 9.17) is 30.0 Å². The van der Waals surface area contributed by atoms with Gasteiger partial charge in [-0.25, -0.2) is 0 Å². The van der Waals surface area contributed by atoms with Crippen molar-refractivity contribution in [2.45, 2.75) is 18.7 Å². The monoisotopic (exact) mass is 544 g/mol. The maximum absolute atomic E-state index is 13.9. The Bertz CT molecular complexity index is 1590. The normalized spacial score (nSPS) is 12.5. The lowest BCUT2D eigenvalue weighted by Crippen LogP contribution is -2.26. The molecule has 0 atom stereocenters. The van der Waals surface area contributed by atoms with E-state index in [2.05, 4.69) is 0 Å². The van der Waals surface area contributed by atoms with Crippen molar-refractivity contribution in [3.8, 4) is 23.0 Å². The number of methoxy groups -OCH3 is 3. The molecule has 11 heteroatoms. The van der Waals surface area contributed by atoms with Gasteiger partial charge in [0.2, 0.25) is 5.78 Å². The average Bonchev–Trinajstić information content (AvgIpc) is 2.86. The van der Waals surface area contributed by atoms with Crippen molar-refractivity contribution < 1.29 is 41.2 Å². The molecule has 0 bridgehead atoms. The molecule has 9 nitrogen and oxygen atoms in total. The Morgan fingerprint density at radius 3 is 1.95 bits per heavy atom. The minimum Gasteiger partial charge on any atom is -0.496 e. The van der Waals surface area contributed by atoms with Crippen molar-refractivity contribution in [1.82, 2.24) is 0 Å². The van der Waals surface area contributed by atoms with E-state index >= 15 is 0 Å². The fourth-order valence-corrected chi connectivity index (χ4v) is 5.36. The second-order valence-corrected chi connectivity index (χ2v) is 10.0. The minimum atomic E-state index is -4.55. The molecule has 1 aliphatic rings. The number of hydrogen-bond donors (Lipinski definition) is 0. The van der Waals surface area contributed by atoms with Gasteiger partial charge in [0.1, 0.15) is 27.7 Å². The lowest BCUT2D eigenvalue weighted by atomic mass is 9.81. The van der Waals surface area contributed by atoms with Gasteiger partial charge in [-0.15, -0.1) is 0 Å². The second-order valence-electron chi connectivity index (χ2n) is 8.12. The highest BCUT2D eigenvalue weighted by atomic mass is 35.5. The average molecular weight is 545 g/mol. The summed E-state index contributed by atoms with van der Waals surface area (Å²) in [6.07, 6.45) is 0. The summed E-state index contributed by atoms with van der Waals surface area (Å²) in [5.41, 5.74) is -0.619. The molecule has 0 saturated carbocycles. The van der Waals surface area contributed by atoms with Gasteiger partial charge in [-0.3, -0.25) is 14.4 Å². The number of carbonyl (C=O) groups is 3. The molecule has 0 heterocycles. The van der Waals surface area contributed by atoms with Crippen molar-refractivity contribution in [2.75, 3.05) is 21.3 Å². The van der Waals surface area contributed by atoms with E-state index in [1.54, 1.807) is 19.1 Å². The van der Waals surface area contributed by atoms with E-state index in [1.807, 2.05) is 0 Å². The Morgan fingerprint density at radius 2 is 1.41 bits per heavy atom. The van der Waals surface area contributed by atoms with Crippen LogP contribution in [0.15, 0.2) is 41.3 Å². The minimum absolute atomic E-state index is 0.0345. The highest BCUT2D eigenvalue weighted by Gasteiger charge is 2.41. The Balaban J connectivity index is 2.07. The quantitative estimate of drug-likeness (QED) is 0.246. The van der Waals surface area contributed by atoms with Crippen molar-refractivity contribution in [2.24, 2.45) is 0 Å². The molecular formula is C26H21ClO9S. The fourth-order valence-electron chi connectivity index (χ4n) is 4.10. The van der Waals surface area contributed by atoms with Crippen molar-refractivity contribution in [3.05, 3.63) is 74.8 Å². The van der Waals surface area contributed by atoms with E-state index in [9.17, 15) is 22.8 Å². The molecule has 3 aromatic rings. The predicted molar refractivity (Wildman–Crippen MR) is 133 cm³/mol. The molecule has 192 valence electrons. The van der Waals surface area contributed by atoms with E-state index in [-0.39, 0.29) is 49.4 Å². The summed E-state index contributed by atoms with van der Waals surface area (Å²) in [4.78, 5) is 40.0. The molecule has 0 unspecified atom stereocenters. The number of Topliss-reactive ketones (excluding diaryl/α,β-unsaturated/α-hetero) is 1. The topological polar surface area (TPSA) is 122 Å². The summed E-state index contributed by atoms with van der Waals surface area (Å²) in [7, 11) is -0.700. The number of ether oxygens (including phenoxy) is 3. The maximum Gasteiger partial charge on any atom is 0.339 e. The van der Waals surface area contributed by atoms with Gasteiger partial charge in [-0.2, -0.15) is 8.42 Å². The van der Waals surface area contributed by atoms with Crippen LogP contribution >= 0.6 is 11.6 Å². The van der Waals surface area contributed by atoms with Crippen LogP contribution in [0.5, 0.6) is 23.0 Å². The van der Waals surface area contributed by atoms with Crippen LogP contribution in [-0.4, -0.2) is 47.1 Å². The van der Waals surface area contributed by atoms with Gasteiger partial charge in [0.05, 0.1) is 43.0 Å². The van der Waals surface area contributed by atoms with Crippen LogP contribution in [-0.2, 0) is 10.1 Å². The van der Waals surface area contributed by atoms with Gasteiger partial charge in [0, 0.05) is 11.6 Å². The first-order valence-corrected chi connectivity index (χ1v) is 12.6. The lowest BCUT2D eigenvalue weighted by Gasteiger charge is -2.25.